The number of esters is 1. The van der Waals surface area contributed by atoms with E-state index in [0.29, 0.717) is 16.6 Å². The summed E-state index contributed by atoms with van der Waals surface area (Å²) in [5, 5.41) is 9.68. The van der Waals surface area contributed by atoms with E-state index in [9.17, 15) is 23.1 Å². The van der Waals surface area contributed by atoms with Gasteiger partial charge in [0.05, 0.1) is 32.8 Å². The summed E-state index contributed by atoms with van der Waals surface area (Å²) in [7, 11) is 2.40. The van der Waals surface area contributed by atoms with Crippen molar-refractivity contribution < 1.29 is 32.5 Å². The molecule has 0 aliphatic carbocycles. The van der Waals surface area contributed by atoms with Crippen molar-refractivity contribution in [2.45, 2.75) is 26.1 Å². The summed E-state index contributed by atoms with van der Waals surface area (Å²) in [5.41, 5.74) is 0.538. The molecule has 1 heterocycles. The molecule has 0 unspecified atom stereocenters. The van der Waals surface area contributed by atoms with Gasteiger partial charge in [-0.25, -0.2) is 0 Å². The van der Waals surface area contributed by atoms with E-state index in [-0.39, 0.29) is 30.8 Å². The third-order valence-electron chi connectivity index (χ3n) is 3.95. The summed E-state index contributed by atoms with van der Waals surface area (Å²) in [4.78, 5) is 11.6. The molecule has 132 valence electrons. The Kier molecular flexibility index (Phi) is 5.08. The highest BCUT2D eigenvalue weighted by atomic mass is 19.4. The number of methoxy groups -OCH3 is 2. The molecule has 1 aromatic carbocycles. The number of hydrogen-bond donors (Lipinski definition) is 1. The first-order valence-electron chi connectivity index (χ1n) is 7.19. The summed E-state index contributed by atoms with van der Waals surface area (Å²) in [6.45, 7) is 1.57. The van der Waals surface area contributed by atoms with Crippen molar-refractivity contribution in [3.63, 3.8) is 0 Å². The standard InChI is InChI=1S/C16H18F3NO4/c1-9-10(7-15(22)24-3)11-6-14(23-2)12(16(17,18)19)8-13(11)20(9)4-5-21/h6,8,21H,4-5,7H2,1-3H3. The van der Waals surface area contributed by atoms with Crippen LogP contribution in [0.15, 0.2) is 12.1 Å². The molecule has 5 nitrogen and oxygen atoms in total. The van der Waals surface area contributed by atoms with Gasteiger partial charge in [0.2, 0.25) is 0 Å². The smallest absolute Gasteiger partial charge is 0.420 e. The van der Waals surface area contributed by atoms with E-state index in [0.717, 1.165) is 13.2 Å². The molecule has 0 spiro atoms. The van der Waals surface area contributed by atoms with Gasteiger partial charge in [-0.15, -0.1) is 0 Å². The number of nitrogens with zero attached hydrogens (tertiary/aromatic N) is 1. The number of hydrogen-bond acceptors (Lipinski definition) is 4. The van der Waals surface area contributed by atoms with Crippen LogP contribution in [0.5, 0.6) is 5.75 Å². The normalized spacial score (nSPS) is 11.8. The molecule has 1 aromatic heterocycles. The summed E-state index contributed by atoms with van der Waals surface area (Å²) in [5.74, 6) is -0.817. The molecule has 1 N–H and O–H groups in total. The molecule has 0 aliphatic rings. The van der Waals surface area contributed by atoms with Crippen LogP contribution in [0.4, 0.5) is 13.2 Å². The summed E-state index contributed by atoms with van der Waals surface area (Å²) < 4.78 is 50.8. The van der Waals surface area contributed by atoms with Crippen LogP contribution in [0.1, 0.15) is 16.8 Å². The fraction of sp³-hybridized carbons (Fsp3) is 0.438. The van der Waals surface area contributed by atoms with Gasteiger partial charge in [0.1, 0.15) is 5.75 Å². The van der Waals surface area contributed by atoms with Crippen LogP contribution in [-0.2, 0) is 28.7 Å². The Bertz CT molecular complexity index is 765. The zero-order chi connectivity index (χ0) is 18.1. The van der Waals surface area contributed by atoms with Crippen LogP contribution in [-0.4, -0.2) is 36.5 Å². The van der Waals surface area contributed by atoms with Gasteiger partial charge in [-0.05, 0) is 24.6 Å². The number of alkyl halides is 3. The molecule has 2 rings (SSSR count). The predicted molar refractivity (Wildman–Crippen MR) is 81.0 cm³/mol. The average molecular weight is 345 g/mol. The fourth-order valence-electron chi connectivity index (χ4n) is 2.79. The second-order valence-electron chi connectivity index (χ2n) is 5.26. The van der Waals surface area contributed by atoms with Gasteiger partial charge in [-0.2, -0.15) is 13.2 Å². The average Bonchev–Trinajstić information content (AvgIpc) is 2.78. The molecule has 0 fully saturated rings. The second-order valence-corrected chi connectivity index (χ2v) is 5.26. The Labute approximate surface area is 136 Å². The number of fused-ring (bicyclic) bond motifs is 1. The zero-order valence-electron chi connectivity index (χ0n) is 13.5. The maximum atomic E-state index is 13.2. The largest absolute Gasteiger partial charge is 0.496 e. The highest BCUT2D eigenvalue weighted by Gasteiger charge is 2.35. The minimum absolute atomic E-state index is 0.0776. The summed E-state index contributed by atoms with van der Waals surface area (Å²) >= 11 is 0. The SMILES string of the molecule is COC(=O)Cc1c(C)n(CCO)c2cc(C(F)(F)F)c(OC)cc12. The number of benzene rings is 1. The van der Waals surface area contributed by atoms with Crippen molar-refractivity contribution in [1.82, 2.24) is 4.57 Å². The van der Waals surface area contributed by atoms with Crippen LogP contribution in [0.25, 0.3) is 10.9 Å². The predicted octanol–water partition coefficient (Wildman–Crippen LogP) is 2.68. The van der Waals surface area contributed by atoms with Crippen molar-refractivity contribution in [1.29, 1.82) is 0 Å². The molecule has 0 amide bonds. The minimum Gasteiger partial charge on any atom is -0.496 e. The number of aliphatic hydroxyl groups is 1. The molecule has 2 aromatic rings. The number of aromatic nitrogens is 1. The van der Waals surface area contributed by atoms with Gasteiger partial charge >= 0.3 is 12.1 Å². The third-order valence-corrected chi connectivity index (χ3v) is 3.95. The van der Waals surface area contributed by atoms with Gasteiger partial charge in [-0.3, -0.25) is 4.79 Å². The Morgan fingerprint density at radius 2 is 1.96 bits per heavy atom. The molecule has 0 radical (unpaired) electrons. The van der Waals surface area contributed by atoms with Gasteiger partial charge in [0.15, 0.2) is 0 Å². The second kappa shape index (κ2) is 6.72. The Morgan fingerprint density at radius 1 is 1.29 bits per heavy atom. The lowest BCUT2D eigenvalue weighted by molar-refractivity contribution is -0.140. The van der Waals surface area contributed by atoms with Crippen LogP contribution in [0, 0.1) is 6.92 Å². The number of rotatable bonds is 5. The van der Waals surface area contributed by atoms with Crippen LogP contribution in [0.2, 0.25) is 0 Å². The molecule has 0 aliphatic heterocycles. The van der Waals surface area contributed by atoms with Crippen LogP contribution >= 0.6 is 0 Å². The maximum Gasteiger partial charge on any atom is 0.420 e. The van der Waals surface area contributed by atoms with Crippen LogP contribution < -0.4 is 4.74 Å². The monoisotopic (exact) mass is 345 g/mol. The van der Waals surface area contributed by atoms with E-state index < -0.39 is 17.7 Å². The molecule has 8 heteroatoms. The van der Waals surface area contributed by atoms with E-state index >= 15 is 0 Å². The highest BCUT2D eigenvalue weighted by molar-refractivity contribution is 5.91. The molecular formula is C16H18F3NO4. The van der Waals surface area contributed by atoms with Gasteiger partial charge in [0.25, 0.3) is 0 Å². The Balaban J connectivity index is 2.79. The molecular weight excluding hydrogens is 327 g/mol. The Hall–Kier alpha value is -2.22. The molecule has 0 saturated carbocycles. The van der Waals surface area contributed by atoms with E-state index in [1.807, 2.05) is 0 Å². The maximum absolute atomic E-state index is 13.2. The van der Waals surface area contributed by atoms with Crippen molar-refractivity contribution >= 4 is 16.9 Å². The first kappa shape index (κ1) is 18.1. The lowest BCUT2D eigenvalue weighted by Crippen LogP contribution is -2.09. The number of aliphatic hydroxyl groups excluding tert-OH is 1. The molecule has 0 bridgehead atoms. The minimum atomic E-state index is -4.58. The number of carbonyl (C=O) groups is 1. The molecule has 0 atom stereocenters. The number of halogens is 3. The fourth-order valence-corrected chi connectivity index (χ4v) is 2.79. The topological polar surface area (TPSA) is 60.7 Å². The quantitative estimate of drug-likeness (QED) is 0.847. The summed E-state index contributed by atoms with van der Waals surface area (Å²) in [6.07, 6.45) is -4.66. The Morgan fingerprint density at radius 3 is 2.46 bits per heavy atom. The van der Waals surface area contributed by atoms with Gasteiger partial charge in [-0.1, -0.05) is 0 Å². The molecule has 0 saturated heterocycles. The van der Waals surface area contributed by atoms with Crippen molar-refractivity contribution in [3.8, 4) is 5.75 Å². The first-order valence-corrected chi connectivity index (χ1v) is 7.19. The first-order chi connectivity index (χ1) is 11.2. The molecule has 24 heavy (non-hydrogen) atoms. The van der Waals surface area contributed by atoms with Crippen molar-refractivity contribution in [2.24, 2.45) is 0 Å². The summed E-state index contributed by atoms with van der Waals surface area (Å²) in [6, 6.07) is 2.26. The van der Waals surface area contributed by atoms with E-state index in [4.69, 9.17) is 4.74 Å². The highest BCUT2D eigenvalue weighted by Crippen LogP contribution is 2.40. The zero-order valence-corrected chi connectivity index (χ0v) is 13.5. The van der Waals surface area contributed by atoms with E-state index in [1.165, 1.54) is 13.2 Å². The number of ether oxygens (including phenoxy) is 2. The lowest BCUT2D eigenvalue weighted by atomic mass is 10.0. The van der Waals surface area contributed by atoms with Gasteiger partial charge < -0.3 is 19.1 Å². The van der Waals surface area contributed by atoms with Gasteiger partial charge in [0, 0.05) is 23.1 Å². The number of carbonyl (C=O) groups excluding carboxylic acids is 1. The van der Waals surface area contributed by atoms with Crippen molar-refractivity contribution in [2.75, 3.05) is 20.8 Å². The van der Waals surface area contributed by atoms with E-state index in [1.54, 1.807) is 11.5 Å². The van der Waals surface area contributed by atoms with E-state index in [2.05, 4.69) is 4.74 Å². The van der Waals surface area contributed by atoms with Crippen molar-refractivity contribution in [3.05, 3.63) is 29.0 Å². The van der Waals surface area contributed by atoms with Crippen LogP contribution in [0.3, 0.4) is 0 Å². The lowest BCUT2D eigenvalue weighted by Gasteiger charge is -2.13. The third kappa shape index (κ3) is 3.19.